The maximum absolute atomic E-state index is 3.48. The first-order valence-corrected chi connectivity index (χ1v) is 7.48. The van der Waals surface area contributed by atoms with Crippen molar-refractivity contribution in [2.45, 2.75) is 13.5 Å². The minimum Gasteiger partial charge on any atom is -0.381 e. The van der Waals surface area contributed by atoms with Crippen LogP contribution in [0.15, 0.2) is 33.4 Å². The zero-order valence-electron chi connectivity index (χ0n) is 10.8. The van der Waals surface area contributed by atoms with Gasteiger partial charge in [-0.2, -0.15) is 0 Å². The van der Waals surface area contributed by atoms with Gasteiger partial charge < -0.3 is 10.2 Å². The number of halogens is 1. The lowest BCUT2D eigenvalue weighted by molar-refractivity contribution is 1.12. The third kappa shape index (κ3) is 3.27. The van der Waals surface area contributed by atoms with Gasteiger partial charge in [0.2, 0.25) is 0 Å². The normalized spacial score (nSPS) is 10.4. The van der Waals surface area contributed by atoms with Gasteiger partial charge in [0, 0.05) is 32.0 Å². The molecule has 1 aromatic carbocycles. The largest absolute Gasteiger partial charge is 0.381 e. The molecule has 2 nitrogen and oxygen atoms in total. The molecule has 18 heavy (non-hydrogen) atoms. The van der Waals surface area contributed by atoms with Crippen LogP contribution in [0.3, 0.4) is 0 Å². The van der Waals surface area contributed by atoms with E-state index < -0.39 is 0 Å². The lowest BCUT2D eigenvalue weighted by Crippen LogP contribution is -2.09. The van der Waals surface area contributed by atoms with E-state index in [1.807, 2.05) is 0 Å². The van der Waals surface area contributed by atoms with Gasteiger partial charge in [0.05, 0.1) is 3.79 Å². The highest BCUT2D eigenvalue weighted by Crippen LogP contribution is 2.24. The summed E-state index contributed by atoms with van der Waals surface area (Å²) in [5, 5.41) is 5.64. The first-order chi connectivity index (χ1) is 8.56. The van der Waals surface area contributed by atoms with Crippen molar-refractivity contribution in [2.75, 3.05) is 24.3 Å². The van der Waals surface area contributed by atoms with Gasteiger partial charge >= 0.3 is 0 Å². The summed E-state index contributed by atoms with van der Waals surface area (Å²) in [5.74, 6) is 0. The molecule has 0 aliphatic carbocycles. The molecule has 0 amide bonds. The minimum atomic E-state index is 0.865. The van der Waals surface area contributed by atoms with Crippen LogP contribution < -0.4 is 10.2 Å². The van der Waals surface area contributed by atoms with Crippen LogP contribution in [0.25, 0.3) is 0 Å². The SMILES string of the molecule is Cc1cc(N(C)C)ccc1NCc1csc(Br)c1. The Labute approximate surface area is 121 Å². The van der Waals surface area contributed by atoms with Crippen molar-refractivity contribution >= 4 is 38.6 Å². The van der Waals surface area contributed by atoms with E-state index in [4.69, 9.17) is 0 Å². The zero-order valence-corrected chi connectivity index (χ0v) is 13.2. The quantitative estimate of drug-likeness (QED) is 0.890. The fourth-order valence-corrected chi connectivity index (χ4v) is 2.97. The summed E-state index contributed by atoms with van der Waals surface area (Å²) < 4.78 is 1.18. The smallest absolute Gasteiger partial charge is 0.0701 e. The van der Waals surface area contributed by atoms with E-state index in [-0.39, 0.29) is 0 Å². The van der Waals surface area contributed by atoms with Gasteiger partial charge in [-0.1, -0.05) is 0 Å². The molecule has 0 saturated heterocycles. The Hall–Kier alpha value is -1.00. The molecule has 0 spiro atoms. The van der Waals surface area contributed by atoms with Gasteiger partial charge in [0.25, 0.3) is 0 Å². The fraction of sp³-hybridized carbons (Fsp3) is 0.286. The number of anilines is 2. The molecule has 1 N–H and O–H groups in total. The number of hydrogen-bond acceptors (Lipinski definition) is 3. The molecule has 2 rings (SSSR count). The lowest BCUT2D eigenvalue weighted by atomic mass is 10.1. The van der Waals surface area contributed by atoms with Gasteiger partial charge in [-0.3, -0.25) is 0 Å². The van der Waals surface area contributed by atoms with Gasteiger partial charge in [0.1, 0.15) is 0 Å². The van der Waals surface area contributed by atoms with Crippen LogP contribution in [0.2, 0.25) is 0 Å². The average molecular weight is 325 g/mol. The summed E-state index contributed by atoms with van der Waals surface area (Å²) in [6.07, 6.45) is 0. The van der Waals surface area contributed by atoms with Crippen molar-refractivity contribution in [3.8, 4) is 0 Å². The topological polar surface area (TPSA) is 15.3 Å². The Morgan fingerprint density at radius 3 is 2.61 bits per heavy atom. The molecule has 4 heteroatoms. The lowest BCUT2D eigenvalue weighted by Gasteiger charge is -2.15. The van der Waals surface area contributed by atoms with Gasteiger partial charge in [-0.25, -0.2) is 0 Å². The van der Waals surface area contributed by atoms with Crippen LogP contribution in [0, 0.1) is 6.92 Å². The molecular weight excluding hydrogens is 308 g/mol. The molecule has 1 aromatic heterocycles. The second-order valence-electron chi connectivity index (χ2n) is 4.51. The molecule has 96 valence electrons. The summed E-state index contributed by atoms with van der Waals surface area (Å²) in [6.45, 7) is 3.00. The number of nitrogens with one attached hydrogen (secondary N) is 1. The van der Waals surface area contributed by atoms with Gasteiger partial charge in [-0.15, -0.1) is 11.3 Å². The number of rotatable bonds is 4. The molecule has 0 unspecified atom stereocenters. The van der Waals surface area contributed by atoms with Crippen LogP contribution in [0.5, 0.6) is 0 Å². The van der Waals surface area contributed by atoms with Crippen molar-refractivity contribution < 1.29 is 0 Å². The van der Waals surface area contributed by atoms with Crippen molar-refractivity contribution in [3.63, 3.8) is 0 Å². The number of hydrogen-bond donors (Lipinski definition) is 1. The van der Waals surface area contributed by atoms with Crippen molar-refractivity contribution in [2.24, 2.45) is 0 Å². The number of thiophene rings is 1. The summed E-state index contributed by atoms with van der Waals surface area (Å²) in [4.78, 5) is 2.12. The minimum absolute atomic E-state index is 0.865. The Balaban J connectivity index is 2.05. The van der Waals surface area contributed by atoms with E-state index in [9.17, 15) is 0 Å². The number of nitrogens with zero attached hydrogens (tertiary/aromatic N) is 1. The summed E-state index contributed by atoms with van der Waals surface area (Å²) in [5.41, 5.74) is 5.01. The Kier molecular flexibility index (Phi) is 4.30. The standard InChI is InChI=1S/C14H17BrN2S/c1-10-6-12(17(2)3)4-5-13(10)16-8-11-7-14(15)18-9-11/h4-7,9,16H,8H2,1-3H3. The number of benzene rings is 1. The Morgan fingerprint density at radius 1 is 1.28 bits per heavy atom. The second-order valence-corrected chi connectivity index (χ2v) is 6.80. The van der Waals surface area contributed by atoms with E-state index >= 15 is 0 Å². The third-order valence-corrected chi connectivity index (χ3v) is 4.38. The first kappa shape index (κ1) is 13.4. The maximum Gasteiger partial charge on any atom is 0.0701 e. The van der Waals surface area contributed by atoms with E-state index in [0.717, 1.165) is 6.54 Å². The molecule has 0 radical (unpaired) electrons. The molecule has 0 aliphatic rings. The highest BCUT2D eigenvalue weighted by Gasteiger charge is 2.02. The summed E-state index contributed by atoms with van der Waals surface area (Å²) in [7, 11) is 4.12. The van der Waals surface area contributed by atoms with Crippen LogP contribution in [0.4, 0.5) is 11.4 Å². The third-order valence-electron chi connectivity index (χ3n) is 2.83. The van der Waals surface area contributed by atoms with Crippen LogP contribution >= 0.6 is 27.3 Å². The molecule has 0 aliphatic heterocycles. The van der Waals surface area contributed by atoms with E-state index in [1.54, 1.807) is 11.3 Å². The molecule has 0 bridgehead atoms. The second kappa shape index (κ2) is 5.76. The molecule has 0 fully saturated rings. The van der Waals surface area contributed by atoms with Crippen molar-refractivity contribution in [3.05, 3.63) is 44.6 Å². The summed E-state index contributed by atoms with van der Waals surface area (Å²) in [6, 6.07) is 8.64. The van der Waals surface area contributed by atoms with Crippen molar-refractivity contribution in [1.29, 1.82) is 0 Å². The molecular formula is C14H17BrN2S. The Morgan fingerprint density at radius 2 is 2.06 bits per heavy atom. The van der Waals surface area contributed by atoms with Crippen LogP contribution in [-0.4, -0.2) is 14.1 Å². The maximum atomic E-state index is 3.48. The predicted molar refractivity (Wildman–Crippen MR) is 84.9 cm³/mol. The molecule has 0 saturated carbocycles. The van der Waals surface area contributed by atoms with Gasteiger partial charge in [0.15, 0.2) is 0 Å². The van der Waals surface area contributed by atoms with Gasteiger partial charge in [-0.05, 0) is 63.6 Å². The highest BCUT2D eigenvalue weighted by molar-refractivity contribution is 9.11. The molecule has 2 aromatic rings. The van der Waals surface area contributed by atoms with E-state index in [2.05, 4.69) is 76.8 Å². The molecule has 0 atom stereocenters. The predicted octanol–water partition coefficient (Wildman–Crippen LogP) is 4.50. The van der Waals surface area contributed by atoms with Crippen molar-refractivity contribution in [1.82, 2.24) is 0 Å². The van der Waals surface area contributed by atoms with E-state index in [0.29, 0.717) is 0 Å². The first-order valence-electron chi connectivity index (χ1n) is 5.81. The fourth-order valence-electron chi connectivity index (χ4n) is 1.76. The average Bonchev–Trinajstić information content (AvgIpc) is 2.73. The highest BCUT2D eigenvalue weighted by atomic mass is 79.9. The van der Waals surface area contributed by atoms with Crippen LogP contribution in [-0.2, 0) is 6.54 Å². The van der Waals surface area contributed by atoms with Crippen LogP contribution in [0.1, 0.15) is 11.1 Å². The Bertz CT molecular complexity index is 534. The summed E-state index contributed by atoms with van der Waals surface area (Å²) >= 11 is 5.20. The monoisotopic (exact) mass is 324 g/mol. The number of aryl methyl sites for hydroxylation is 1. The zero-order chi connectivity index (χ0) is 13.1. The van der Waals surface area contributed by atoms with E-state index in [1.165, 1.54) is 26.3 Å². The molecule has 1 heterocycles.